The largest absolute Gasteiger partial charge is 0.459 e. The van der Waals surface area contributed by atoms with Crippen LogP contribution in [0.15, 0.2) is 46.4 Å². The van der Waals surface area contributed by atoms with Crippen LogP contribution < -0.4 is 11.4 Å². The van der Waals surface area contributed by atoms with Gasteiger partial charge in [-0.05, 0) is 24.6 Å². The quantitative estimate of drug-likeness (QED) is 0.368. The van der Waals surface area contributed by atoms with E-state index >= 15 is 0 Å². The summed E-state index contributed by atoms with van der Waals surface area (Å²) in [4.78, 5) is 30.8. The second-order valence-corrected chi connectivity index (χ2v) is 6.10. The molecule has 2 heterocycles. The van der Waals surface area contributed by atoms with Crippen molar-refractivity contribution in [2.45, 2.75) is 31.7 Å². The number of esters is 1. The molecule has 1 saturated heterocycles. The standard InChI is InChI=1S/C17H18N6O4/c1-10-8-23(17(25)20-15(10)18)14-7-12(21-22-19)13(27-14)9-26-16(24)11-5-3-2-4-6-11/h2-6,8,12-14H,7,9H2,1H3,(H2,18,20,25)/t12-,13-,14-/m0/s1. The van der Waals surface area contributed by atoms with E-state index in [1.54, 1.807) is 43.5 Å². The van der Waals surface area contributed by atoms with Crippen molar-refractivity contribution in [3.8, 4) is 0 Å². The molecule has 140 valence electrons. The monoisotopic (exact) mass is 370 g/mol. The molecule has 1 fully saturated rings. The van der Waals surface area contributed by atoms with E-state index in [0.717, 1.165) is 0 Å². The lowest BCUT2D eigenvalue weighted by Gasteiger charge is -2.17. The first-order valence-corrected chi connectivity index (χ1v) is 8.26. The molecular weight excluding hydrogens is 352 g/mol. The van der Waals surface area contributed by atoms with Gasteiger partial charge in [0.1, 0.15) is 24.8 Å². The molecule has 0 bridgehead atoms. The highest BCUT2D eigenvalue weighted by Gasteiger charge is 2.37. The third kappa shape index (κ3) is 4.08. The van der Waals surface area contributed by atoms with E-state index in [-0.39, 0.29) is 18.8 Å². The van der Waals surface area contributed by atoms with Crippen molar-refractivity contribution in [2.24, 2.45) is 5.11 Å². The number of nitrogens with zero attached hydrogens (tertiary/aromatic N) is 5. The summed E-state index contributed by atoms with van der Waals surface area (Å²) in [7, 11) is 0. The Morgan fingerprint density at radius 1 is 1.48 bits per heavy atom. The topological polar surface area (TPSA) is 145 Å². The Morgan fingerprint density at radius 3 is 2.93 bits per heavy atom. The molecule has 10 nitrogen and oxygen atoms in total. The first-order valence-electron chi connectivity index (χ1n) is 8.26. The Morgan fingerprint density at radius 2 is 2.22 bits per heavy atom. The maximum absolute atomic E-state index is 12.1. The van der Waals surface area contributed by atoms with Crippen LogP contribution in [0.3, 0.4) is 0 Å². The Labute approximate surface area is 154 Å². The first kappa shape index (κ1) is 18.4. The van der Waals surface area contributed by atoms with Gasteiger partial charge >= 0.3 is 11.7 Å². The number of nitrogens with two attached hydrogens (primary N) is 1. The van der Waals surface area contributed by atoms with Crippen LogP contribution in [0.5, 0.6) is 0 Å². The highest BCUT2D eigenvalue weighted by molar-refractivity contribution is 5.89. The normalized spacial score (nSPS) is 21.4. The van der Waals surface area contributed by atoms with E-state index in [2.05, 4.69) is 15.0 Å². The molecule has 2 aromatic rings. The van der Waals surface area contributed by atoms with E-state index in [1.165, 1.54) is 4.57 Å². The number of hydrogen-bond acceptors (Lipinski definition) is 7. The fourth-order valence-electron chi connectivity index (χ4n) is 2.82. The number of benzene rings is 1. The fourth-order valence-corrected chi connectivity index (χ4v) is 2.82. The summed E-state index contributed by atoms with van der Waals surface area (Å²) >= 11 is 0. The van der Waals surface area contributed by atoms with Crippen LogP contribution in [0.4, 0.5) is 5.82 Å². The number of rotatable bonds is 5. The van der Waals surface area contributed by atoms with Gasteiger partial charge in [-0.2, -0.15) is 4.98 Å². The summed E-state index contributed by atoms with van der Waals surface area (Å²) in [6, 6.07) is 7.92. The van der Waals surface area contributed by atoms with Crippen LogP contribution in [0.1, 0.15) is 28.6 Å². The van der Waals surface area contributed by atoms with Gasteiger partial charge < -0.3 is 15.2 Å². The van der Waals surface area contributed by atoms with Gasteiger partial charge in [0.25, 0.3) is 0 Å². The van der Waals surface area contributed by atoms with Crippen molar-refractivity contribution in [3.63, 3.8) is 0 Å². The molecule has 10 heteroatoms. The SMILES string of the molecule is Cc1cn([C@@H]2C[C@H](N=[N+]=[N-])[C@H](COC(=O)c3ccccc3)O2)c(=O)nc1N. The Balaban J connectivity index is 1.74. The second kappa shape index (κ2) is 7.90. The lowest BCUT2D eigenvalue weighted by Crippen LogP contribution is -2.29. The van der Waals surface area contributed by atoms with Gasteiger partial charge in [0.2, 0.25) is 0 Å². The van der Waals surface area contributed by atoms with Crippen molar-refractivity contribution in [2.75, 3.05) is 12.3 Å². The molecule has 2 N–H and O–H groups in total. The molecule has 27 heavy (non-hydrogen) atoms. The summed E-state index contributed by atoms with van der Waals surface area (Å²) in [5.74, 6) is -0.362. The highest BCUT2D eigenvalue weighted by atomic mass is 16.6. The summed E-state index contributed by atoms with van der Waals surface area (Å²) < 4.78 is 12.4. The smallest absolute Gasteiger partial charge is 0.351 e. The van der Waals surface area contributed by atoms with Gasteiger partial charge in [0.05, 0.1) is 11.6 Å². The van der Waals surface area contributed by atoms with Crippen LogP contribution in [0, 0.1) is 6.92 Å². The maximum Gasteiger partial charge on any atom is 0.351 e. The van der Waals surface area contributed by atoms with Crippen molar-refractivity contribution in [1.82, 2.24) is 9.55 Å². The summed E-state index contributed by atoms with van der Waals surface area (Å²) in [5.41, 5.74) is 14.9. The number of hydrogen-bond donors (Lipinski definition) is 1. The Bertz CT molecular complexity index is 938. The Kier molecular flexibility index (Phi) is 5.39. The minimum Gasteiger partial charge on any atom is -0.459 e. The third-order valence-corrected chi connectivity index (χ3v) is 4.28. The number of aryl methyl sites for hydroxylation is 1. The van der Waals surface area contributed by atoms with Crippen molar-refractivity contribution in [3.05, 3.63) is 68.6 Å². The molecular formula is C17H18N6O4. The summed E-state index contributed by atoms with van der Waals surface area (Å²) in [6.07, 6.45) is 0.423. The lowest BCUT2D eigenvalue weighted by atomic mass is 10.1. The number of anilines is 1. The minimum atomic E-state index is -0.694. The van der Waals surface area contributed by atoms with E-state index in [1.807, 2.05) is 0 Å². The molecule has 0 aliphatic carbocycles. The van der Waals surface area contributed by atoms with E-state index in [9.17, 15) is 9.59 Å². The molecule has 3 rings (SSSR count). The summed E-state index contributed by atoms with van der Waals surface area (Å²) in [5, 5.41) is 3.70. The molecule has 0 spiro atoms. The predicted molar refractivity (Wildman–Crippen MR) is 95.8 cm³/mol. The molecule has 1 aliphatic heterocycles. The average molecular weight is 370 g/mol. The predicted octanol–water partition coefficient (Wildman–Crippen LogP) is 1.96. The molecule has 0 radical (unpaired) electrons. The molecule has 3 atom stereocenters. The van der Waals surface area contributed by atoms with Crippen LogP contribution in [-0.4, -0.2) is 34.3 Å². The van der Waals surface area contributed by atoms with Crippen molar-refractivity contribution >= 4 is 11.8 Å². The first-order chi connectivity index (χ1) is 13.0. The van der Waals surface area contributed by atoms with Crippen molar-refractivity contribution < 1.29 is 14.3 Å². The number of ether oxygens (including phenoxy) is 2. The van der Waals surface area contributed by atoms with Gasteiger partial charge in [-0.25, -0.2) is 9.59 Å². The van der Waals surface area contributed by atoms with Gasteiger partial charge in [-0.3, -0.25) is 4.57 Å². The van der Waals surface area contributed by atoms with Crippen LogP contribution in [0.25, 0.3) is 10.4 Å². The molecule has 1 aromatic heterocycles. The van der Waals surface area contributed by atoms with Crippen LogP contribution in [0.2, 0.25) is 0 Å². The molecule has 0 amide bonds. The third-order valence-electron chi connectivity index (χ3n) is 4.28. The number of nitrogen functional groups attached to an aromatic ring is 1. The van der Waals surface area contributed by atoms with Crippen LogP contribution >= 0.6 is 0 Å². The van der Waals surface area contributed by atoms with Gasteiger partial charge in [0, 0.05) is 23.1 Å². The summed E-state index contributed by atoms with van der Waals surface area (Å²) in [6.45, 7) is 1.61. The second-order valence-electron chi connectivity index (χ2n) is 6.10. The number of carbonyl (C=O) groups excluding carboxylic acids is 1. The number of aromatic nitrogens is 2. The van der Waals surface area contributed by atoms with Gasteiger partial charge in [-0.15, -0.1) is 0 Å². The van der Waals surface area contributed by atoms with E-state index < -0.39 is 30.0 Å². The molecule has 1 aliphatic rings. The average Bonchev–Trinajstić information content (AvgIpc) is 3.06. The number of carbonyl (C=O) groups is 1. The zero-order chi connectivity index (χ0) is 19.4. The van der Waals surface area contributed by atoms with Gasteiger partial charge in [0.15, 0.2) is 0 Å². The van der Waals surface area contributed by atoms with Crippen LogP contribution in [-0.2, 0) is 9.47 Å². The van der Waals surface area contributed by atoms with Gasteiger partial charge in [-0.1, -0.05) is 23.3 Å². The fraction of sp³-hybridized carbons (Fsp3) is 0.353. The molecule has 1 aromatic carbocycles. The van der Waals surface area contributed by atoms with Crippen molar-refractivity contribution in [1.29, 1.82) is 0 Å². The maximum atomic E-state index is 12.1. The zero-order valence-corrected chi connectivity index (χ0v) is 14.6. The van der Waals surface area contributed by atoms with E-state index in [4.69, 9.17) is 20.7 Å². The Hall–Kier alpha value is -3.36. The lowest BCUT2D eigenvalue weighted by molar-refractivity contribution is -0.0362. The minimum absolute atomic E-state index is 0.107. The molecule has 0 unspecified atom stereocenters. The van der Waals surface area contributed by atoms with E-state index in [0.29, 0.717) is 11.1 Å². The zero-order valence-electron chi connectivity index (χ0n) is 14.6. The molecule has 0 saturated carbocycles. The highest BCUT2D eigenvalue weighted by Crippen LogP contribution is 2.30. The number of azide groups is 1.